The maximum Gasteiger partial charge on any atom is 0.451 e. The number of anilines is 2. The van der Waals surface area contributed by atoms with Crippen molar-refractivity contribution in [2.45, 2.75) is 25.7 Å². The van der Waals surface area contributed by atoms with Gasteiger partial charge in [-0.05, 0) is 6.92 Å². The number of hydrogen-bond acceptors (Lipinski definition) is 4. The zero-order chi connectivity index (χ0) is 15.4. The fourth-order valence-electron chi connectivity index (χ4n) is 1.27. The van der Waals surface area contributed by atoms with Crippen LogP contribution in [-0.2, 0) is 6.18 Å². The average molecular weight is 302 g/mol. The van der Waals surface area contributed by atoms with Gasteiger partial charge >= 0.3 is 12.4 Å². The zero-order valence-corrected chi connectivity index (χ0v) is 10.4. The third-order valence-corrected chi connectivity index (χ3v) is 2.05. The first-order valence-electron chi connectivity index (χ1n) is 5.62. The standard InChI is InChI=1S/C10H12F6N4/c1-2-17-6-5-7(18-4-3-9(11,12)13)20-8(19-6)10(14,15)16/h5H,2-4H2,1H3,(H2,17,18,19,20). The Hall–Kier alpha value is -1.74. The summed E-state index contributed by atoms with van der Waals surface area (Å²) in [5, 5.41) is 4.76. The van der Waals surface area contributed by atoms with Crippen molar-refractivity contribution in [2.75, 3.05) is 23.7 Å². The highest BCUT2D eigenvalue weighted by Gasteiger charge is 2.35. The molecule has 0 bridgehead atoms. The van der Waals surface area contributed by atoms with Crippen molar-refractivity contribution in [3.05, 3.63) is 11.9 Å². The highest BCUT2D eigenvalue weighted by Crippen LogP contribution is 2.28. The number of alkyl halides is 6. The number of rotatable bonds is 5. The highest BCUT2D eigenvalue weighted by atomic mass is 19.4. The Bertz CT molecular complexity index is 442. The van der Waals surface area contributed by atoms with E-state index in [1.165, 1.54) is 0 Å². The minimum atomic E-state index is -4.77. The Morgan fingerprint density at radius 1 is 1.00 bits per heavy atom. The Morgan fingerprint density at radius 2 is 1.55 bits per heavy atom. The summed E-state index contributed by atoms with van der Waals surface area (Å²) in [5.74, 6) is -1.83. The molecule has 0 saturated carbocycles. The average Bonchev–Trinajstić information content (AvgIpc) is 2.26. The second-order valence-electron chi connectivity index (χ2n) is 3.78. The van der Waals surface area contributed by atoms with Gasteiger partial charge in [0, 0.05) is 19.2 Å². The van der Waals surface area contributed by atoms with E-state index in [-0.39, 0.29) is 11.6 Å². The molecule has 0 amide bonds. The van der Waals surface area contributed by atoms with Crippen molar-refractivity contribution in [1.82, 2.24) is 9.97 Å². The maximum atomic E-state index is 12.5. The van der Waals surface area contributed by atoms with E-state index in [9.17, 15) is 26.3 Å². The molecule has 1 heterocycles. The van der Waals surface area contributed by atoms with E-state index in [4.69, 9.17) is 0 Å². The number of nitrogens with zero attached hydrogens (tertiary/aromatic N) is 2. The van der Waals surface area contributed by atoms with Gasteiger partial charge in [-0.2, -0.15) is 26.3 Å². The van der Waals surface area contributed by atoms with Crippen LogP contribution in [0, 0.1) is 0 Å². The number of aromatic nitrogens is 2. The SMILES string of the molecule is CCNc1cc(NCCC(F)(F)F)nc(C(F)(F)F)n1. The van der Waals surface area contributed by atoms with Gasteiger partial charge in [0.05, 0.1) is 6.42 Å². The lowest BCUT2D eigenvalue weighted by Gasteiger charge is -2.12. The van der Waals surface area contributed by atoms with E-state index in [0.29, 0.717) is 6.54 Å². The summed E-state index contributed by atoms with van der Waals surface area (Å²) in [5.41, 5.74) is 0. The van der Waals surface area contributed by atoms with Gasteiger partial charge < -0.3 is 10.6 Å². The molecule has 1 rings (SSSR count). The van der Waals surface area contributed by atoms with Crippen molar-refractivity contribution in [1.29, 1.82) is 0 Å². The van der Waals surface area contributed by atoms with E-state index < -0.39 is 31.1 Å². The largest absolute Gasteiger partial charge is 0.451 e. The van der Waals surface area contributed by atoms with Gasteiger partial charge in [0.25, 0.3) is 0 Å². The van der Waals surface area contributed by atoms with Crippen LogP contribution in [0.5, 0.6) is 0 Å². The molecule has 0 fully saturated rings. The summed E-state index contributed by atoms with van der Waals surface area (Å²) in [4.78, 5) is 6.39. The molecule has 2 N–H and O–H groups in total. The van der Waals surface area contributed by atoms with Crippen LogP contribution >= 0.6 is 0 Å². The van der Waals surface area contributed by atoms with Crippen LogP contribution < -0.4 is 10.6 Å². The lowest BCUT2D eigenvalue weighted by molar-refractivity contribution is -0.144. The van der Waals surface area contributed by atoms with Crippen LogP contribution in [0.1, 0.15) is 19.2 Å². The fraction of sp³-hybridized carbons (Fsp3) is 0.600. The van der Waals surface area contributed by atoms with Crippen LogP contribution in [0.3, 0.4) is 0 Å². The van der Waals surface area contributed by atoms with E-state index in [1.54, 1.807) is 6.92 Å². The third kappa shape index (κ3) is 5.49. The first kappa shape index (κ1) is 16.3. The fourth-order valence-corrected chi connectivity index (χ4v) is 1.27. The molecular weight excluding hydrogens is 290 g/mol. The number of halogens is 6. The minimum Gasteiger partial charge on any atom is -0.370 e. The summed E-state index contributed by atoms with van der Waals surface area (Å²) in [6.45, 7) is 1.39. The lowest BCUT2D eigenvalue weighted by atomic mass is 10.4. The Labute approximate surface area is 110 Å². The van der Waals surface area contributed by atoms with Crippen LogP contribution in [0.2, 0.25) is 0 Å². The molecule has 0 aliphatic heterocycles. The van der Waals surface area contributed by atoms with Gasteiger partial charge in [0.2, 0.25) is 5.82 Å². The topological polar surface area (TPSA) is 49.8 Å². The first-order chi connectivity index (χ1) is 9.12. The molecule has 0 radical (unpaired) electrons. The molecular formula is C10H12F6N4. The highest BCUT2D eigenvalue weighted by molar-refractivity contribution is 5.47. The molecule has 0 unspecified atom stereocenters. The first-order valence-corrected chi connectivity index (χ1v) is 5.62. The predicted octanol–water partition coefficient (Wildman–Crippen LogP) is 3.29. The van der Waals surface area contributed by atoms with Crippen molar-refractivity contribution in [3.8, 4) is 0 Å². The van der Waals surface area contributed by atoms with Crippen LogP contribution in [-0.4, -0.2) is 29.2 Å². The molecule has 0 spiro atoms. The van der Waals surface area contributed by atoms with Gasteiger partial charge in [-0.15, -0.1) is 0 Å². The quantitative estimate of drug-likeness (QED) is 0.820. The van der Waals surface area contributed by atoms with Crippen LogP contribution in [0.4, 0.5) is 38.0 Å². The van der Waals surface area contributed by atoms with Crippen molar-refractivity contribution in [3.63, 3.8) is 0 Å². The molecule has 0 aromatic carbocycles. The molecule has 0 aliphatic rings. The maximum absolute atomic E-state index is 12.5. The summed E-state index contributed by atoms with van der Waals surface area (Å²) in [6, 6.07) is 1.12. The van der Waals surface area contributed by atoms with E-state index >= 15 is 0 Å². The van der Waals surface area contributed by atoms with Gasteiger partial charge in [0.15, 0.2) is 0 Å². The lowest BCUT2D eigenvalue weighted by Crippen LogP contribution is -2.18. The number of nitrogens with one attached hydrogen (secondary N) is 2. The third-order valence-electron chi connectivity index (χ3n) is 2.05. The van der Waals surface area contributed by atoms with E-state index in [1.807, 2.05) is 0 Å². The van der Waals surface area contributed by atoms with Crippen LogP contribution in [0.15, 0.2) is 6.07 Å². The number of hydrogen-bond donors (Lipinski definition) is 2. The van der Waals surface area contributed by atoms with Crippen molar-refractivity contribution < 1.29 is 26.3 Å². The Kier molecular flexibility index (Phi) is 5.01. The molecule has 20 heavy (non-hydrogen) atoms. The molecule has 0 atom stereocenters. The normalized spacial score (nSPS) is 12.3. The van der Waals surface area contributed by atoms with Gasteiger partial charge in [-0.3, -0.25) is 0 Å². The van der Waals surface area contributed by atoms with E-state index in [0.717, 1.165) is 6.07 Å². The second-order valence-corrected chi connectivity index (χ2v) is 3.78. The van der Waals surface area contributed by atoms with Gasteiger partial charge in [-0.1, -0.05) is 0 Å². The van der Waals surface area contributed by atoms with E-state index in [2.05, 4.69) is 20.6 Å². The molecule has 4 nitrogen and oxygen atoms in total. The molecule has 0 saturated heterocycles. The predicted molar refractivity (Wildman–Crippen MR) is 60.4 cm³/mol. The molecule has 0 aliphatic carbocycles. The van der Waals surface area contributed by atoms with Gasteiger partial charge in [0.1, 0.15) is 11.6 Å². The molecule has 1 aromatic heterocycles. The molecule has 10 heteroatoms. The summed E-state index contributed by atoms with van der Waals surface area (Å²) in [7, 11) is 0. The molecule has 1 aromatic rings. The van der Waals surface area contributed by atoms with Crippen LogP contribution in [0.25, 0.3) is 0 Å². The smallest absolute Gasteiger partial charge is 0.370 e. The Morgan fingerprint density at radius 3 is 2.00 bits per heavy atom. The Balaban J connectivity index is 2.86. The minimum absolute atomic E-state index is 0.107. The summed E-state index contributed by atoms with van der Waals surface area (Å²) < 4.78 is 73.5. The van der Waals surface area contributed by atoms with Gasteiger partial charge in [-0.25, -0.2) is 9.97 Å². The van der Waals surface area contributed by atoms with Crippen molar-refractivity contribution >= 4 is 11.6 Å². The summed E-state index contributed by atoms with van der Waals surface area (Å²) in [6.07, 6.45) is -10.3. The van der Waals surface area contributed by atoms with Crippen molar-refractivity contribution in [2.24, 2.45) is 0 Å². The molecule has 114 valence electrons. The monoisotopic (exact) mass is 302 g/mol. The second kappa shape index (κ2) is 6.14. The zero-order valence-electron chi connectivity index (χ0n) is 10.4. The summed E-state index contributed by atoms with van der Waals surface area (Å²) >= 11 is 0.